The molecule has 0 aromatic heterocycles. The molecule has 1 amide bonds. The average molecular weight is 261 g/mol. The Hall–Kier alpha value is -1.51. The zero-order valence-corrected chi connectivity index (χ0v) is 12.1. The molecule has 1 aromatic rings. The third-order valence-electron chi connectivity index (χ3n) is 3.65. The first-order valence-corrected chi connectivity index (χ1v) is 7.08. The van der Waals surface area contributed by atoms with E-state index in [1.54, 1.807) is 0 Å². The minimum Gasteiger partial charge on any atom is -0.481 e. The van der Waals surface area contributed by atoms with E-state index in [4.69, 9.17) is 4.74 Å². The highest BCUT2D eigenvalue weighted by Gasteiger charge is 2.25. The molecule has 19 heavy (non-hydrogen) atoms. The van der Waals surface area contributed by atoms with Gasteiger partial charge in [0.05, 0.1) is 0 Å². The number of nitrogens with zero attached hydrogens (tertiary/aromatic N) is 1. The fourth-order valence-electron chi connectivity index (χ4n) is 2.52. The van der Waals surface area contributed by atoms with Crippen LogP contribution in [0.3, 0.4) is 0 Å². The summed E-state index contributed by atoms with van der Waals surface area (Å²) in [5.41, 5.74) is 1.19. The molecule has 0 aliphatic carbocycles. The number of benzene rings is 1. The highest BCUT2D eigenvalue weighted by Crippen LogP contribution is 2.18. The number of hydrogen-bond acceptors (Lipinski definition) is 2. The highest BCUT2D eigenvalue weighted by atomic mass is 16.5. The maximum atomic E-state index is 12.3. The largest absolute Gasteiger partial charge is 0.481 e. The Labute approximate surface area is 115 Å². The van der Waals surface area contributed by atoms with Crippen LogP contribution < -0.4 is 4.74 Å². The van der Waals surface area contributed by atoms with E-state index >= 15 is 0 Å². The topological polar surface area (TPSA) is 29.5 Å². The lowest BCUT2D eigenvalue weighted by molar-refractivity contribution is -0.139. The van der Waals surface area contributed by atoms with E-state index in [1.165, 1.54) is 12.0 Å². The van der Waals surface area contributed by atoms with Crippen LogP contribution in [0.25, 0.3) is 0 Å². The molecule has 104 valence electrons. The van der Waals surface area contributed by atoms with Gasteiger partial charge >= 0.3 is 0 Å². The number of likely N-dealkylation sites (tertiary alicyclic amines) is 1. The summed E-state index contributed by atoms with van der Waals surface area (Å²) in [6, 6.07) is 7.82. The predicted molar refractivity (Wildman–Crippen MR) is 76.2 cm³/mol. The summed E-state index contributed by atoms with van der Waals surface area (Å²) in [6.07, 6.45) is 1.91. The second-order valence-corrected chi connectivity index (χ2v) is 5.60. The predicted octanol–water partition coefficient (Wildman–Crippen LogP) is 3.02. The van der Waals surface area contributed by atoms with E-state index in [-0.39, 0.29) is 5.91 Å². The first-order valence-electron chi connectivity index (χ1n) is 7.08. The van der Waals surface area contributed by atoms with Gasteiger partial charge in [0.15, 0.2) is 6.10 Å². The summed E-state index contributed by atoms with van der Waals surface area (Å²) in [4.78, 5) is 14.3. The first-order chi connectivity index (χ1) is 9.06. The number of piperidine rings is 1. The number of ether oxygens (including phenoxy) is 1. The number of aryl methyl sites for hydroxylation is 1. The van der Waals surface area contributed by atoms with Gasteiger partial charge in [-0.25, -0.2) is 0 Å². The number of carbonyl (C=O) groups is 1. The Morgan fingerprint density at radius 1 is 1.37 bits per heavy atom. The van der Waals surface area contributed by atoms with E-state index in [0.29, 0.717) is 5.92 Å². The summed E-state index contributed by atoms with van der Waals surface area (Å²) >= 11 is 0. The van der Waals surface area contributed by atoms with Crippen LogP contribution in [-0.4, -0.2) is 30.0 Å². The third kappa shape index (κ3) is 3.72. The highest BCUT2D eigenvalue weighted by molar-refractivity contribution is 5.81. The maximum Gasteiger partial charge on any atom is 0.263 e. The Morgan fingerprint density at radius 2 is 2.05 bits per heavy atom. The third-order valence-corrected chi connectivity index (χ3v) is 3.65. The van der Waals surface area contributed by atoms with Crippen LogP contribution in [0, 0.1) is 12.8 Å². The molecule has 2 atom stereocenters. The number of amides is 1. The van der Waals surface area contributed by atoms with Gasteiger partial charge < -0.3 is 9.64 Å². The molecule has 0 radical (unpaired) electrons. The molecule has 0 saturated carbocycles. The standard InChI is InChI=1S/C16H23NO2/c1-12-6-8-15(9-7-12)19-14(3)16(18)17-10-4-5-13(2)11-17/h6-9,13-14H,4-5,10-11H2,1-3H3. The minimum atomic E-state index is -0.409. The summed E-state index contributed by atoms with van der Waals surface area (Å²) < 4.78 is 5.73. The van der Waals surface area contributed by atoms with Gasteiger partial charge in [-0.05, 0) is 44.7 Å². The van der Waals surface area contributed by atoms with Gasteiger partial charge in [-0.3, -0.25) is 4.79 Å². The van der Waals surface area contributed by atoms with E-state index < -0.39 is 6.10 Å². The molecular weight excluding hydrogens is 238 g/mol. The molecule has 1 saturated heterocycles. The smallest absolute Gasteiger partial charge is 0.263 e. The van der Waals surface area contributed by atoms with Gasteiger partial charge in [0.2, 0.25) is 0 Å². The second kappa shape index (κ2) is 6.09. The van der Waals surface area contributed by atoms with E-state index in [9.17, 15) is 4.79 Å². The van der Waals surface area contributed by atoms with Crippen LogP contribution >= 0.6 is 0 Å². The SMILES string of the molecule is Cc1ccc(OC(C)C(=O)N2CCCC(C)C2)cc1. The van der Waals surface area contributed by atoms with Crippen LogP contribution in [0.1, 0.15) is 32.3 Å². The van der Waals surface area contributed by atoms with Crippen LogP contribution in [-0.2, 0) is 4.79 Å². The minimum absolute atomic E-state index is 0.104. The van der Waals surface area contributed by atoms with Crippen molar-refractivity contribution in [2.45, 2.75) is 39.7 Å². The lowest BCUT2D eigenvalue weighted by Crippen LogP contribution is -2.45. The normalized spacial score (nSPS) is 21.0. The fraction of sp³-hybridized carbons (Fsp3) is 0.562. The zero-order chi connectivity index (χ0) is 13.8. The lowest BCUT2D eigenvalue weighted by Gasteiger charge is -2.32. The molecule has 3 nitrogen and oxygen atoms in total. The molecule has 2 unspecified atom stereocenters. The molecule has 0 N–H and O–H groups in total. The summed E-state index contributed by atoms with van der Waals surface area (Å²) in [5, 5.41) is 0. The van der Waals surface area contributed by atoms with Gasteiger partial charge in [-0.15, -0.1) is 0 Å². The molecular formula is C16H23NO2. The van der Waals surface area contributed by atoms with Gasteiger partial charge in [-0.2, -0.15) is 0 Å². The fourth-order valence-corrected chi connectivity index (χ4v) is 2.52. The maximum absolute atomic E-state index is 12.3. The van der Waals surface area contributed by atoms with E-state index in [0.717, 1.165) is 25.3 Å². The van der Waals surface area contributed by atoms with Crippen molar-refractivity contribution >= 4 is 5.91 Å². The van der Waals surface area contributed by atoms with Crippen molar-refractivity contribution in [1.82, 2.24) is 4.90 Å². The van der Waals surface area contributed by atoms with Crippen LogP contribution in [0.5, 0.6) is 5.75 Å². The van der Waals surface area contributed by atoms with Gasteiger partial charge in [0, 0.05) is 13.1 Å². The lowest BCUT2D eigenvalue weighted by atomic mass is 10.00. The van der Waals surface area contributed by atoms with Crippen molar-refractivity contribution in [3.05, 3.63) is 29.8 Å². The van der Waals surface area contributed by atoms with Crippen molar-refractivity contribution < 1.29 is 9.53 Å². The van der Waals surface area contributed by atoms with Crippen molar-refractivity contribution in [2.24, 2.45) is 5.92 Å². The summed E-state index contributed by atoms with van der Waals surface area (Å²) in [7, 11) is 0. The van der Waals surface area contributed by atoms with Gasteiger partial charge in [0.25, 0.3) is 5.91 Å². The summed E-state index contributed by atoms with van der Waals surface area (Å²) in [5.74, 6) is 1.47. The molecule has 3 heteroatoms. The van der Waals surface area contributed by atoms with Crippen LogP contribution in [0.2, 0.25) is 0 Å². The average Bonchev–Trinajstić information content (AvgIpc) is 2.40. The van der Waals surface area contributed by atoms with Crippen molar-refractivity contribution in [3.8, 4) is 5.75 Å². The van der Waals surface area contributed by atoms with Crippen molar-refractivity contribution in [2.75, 3.05) is 13.1 Å². The Balaban J connectivity index is 1.93. The van der Waals surface area contributed by atoms with Crippen molar-refractivity contribution in [3.63, 3.8) is 0 Å². The Kier molecular flexibility index (Phi) is 4.46. The molecule has 1 aliphatic rings. The monoisotopic (exact) mass is 261 g/mol. The van der Waals surface area contributed by atoms with E-state index in [2.05, 4.69) is 6.92 Å². The van der Waals surface area contributed by atoms with Crippen LogP contribution in [0.4, 0.5) is 0 Å². The molecule has 0 bridgehead atoms. The van der Waals surface area contributed by atoms with Gasteiger partial charge in [0.1, 0.15) is 5.75 Å². The number of rotatable bonds is 3. The quantitative estimate of drug-likeness (QED) is 0.837. The molecule has 1 fully saturated rings. The summed E-state index contributed by atoms with van der Waals surface area (Å²) in [6.45, 7) is 7.80. The zero-order valence-electron chi connectivity index (χ0n) is 12.1. The molecule has 1 heterocycles. The second-order valence-electron chi connectivity index (χ2n) is 5.60. The Morgan fingerprint density at radius 3 is 2.68 bits per heavy atom. The van der Waals surface area contributed by atoms with Crippen molar-refractivity contribution in [1.29, 1.82) is 0 Å². The molecule has 0 spiro atoms. The molecule has 2 rings (SSSR count). The number of carbonyl (C=O) groups excluding carboxylic acids is 1. The first kappa shape index (κ1) is 13.9. The molecule has 1 aliphatic heterocycles. The Bertz CT molecular complexity index is 427. The van der Waals surface area contributed by atoms with E-state index in [1.807, 2.05) is 43.0 Å². The van der Waals surface area contributed by atoms with Crippen LogP contribution in [0.15, 0.2) is 24.3 Å². The number of hydrogen-bond donors (Lipinski definition) is 0. The molecule has 1 aromatic carbocycles. The van der Waals surface area contributed by atoms with Gasteiger partial charge in [-0.1, -0.05) is 24.6 Å².